The van der Waals surface area contributed by atoms with Crippen LogP contribution in [0.15, 0.2) is 108 Å². The molecule has 0 saturated carbocycles. The van der Waals surface area contributed by atoms with Crippen molar-refractivity contribution in [2.45, 2.75) is 31.3 Å². The molecule has 1 saturated heterocycles. The van der Waals surface area contributed by atoms with Crippen LogP contribution in [0.2, 0.25) is 5.02 Å². The van der Waals surface area contributed by atoms with Gasteiger partial charge in [-0.3, -0.25) is 19.3 Å². The summed E-state index contributed by atoms with van der Waals surface area (Å²) in [5.41, 5.74) is 2.82. The normalized spacial score (nSPS) is 20.4. The summed E-state index contributed by atoms with van der Waals surface area (Å²) in [5.74, 6) is -1.66. The van der Waals surface area contributed by atoms with Crippen LogP contribution in [0.1, 0.15) is 28.7 Å². The first-order chi connectivity index (χ1) is 19.4. The fourth-order valence-electron chi connectivity index (χ4n) is 6.09. The quantitative estimate of drug-likeness (QED) is 0.218. The fraction of sp³-hybridized carbons (Fsp3) is 0.182. The number of halogens is 2. The zero-order valence-corrected chi connectivity index (χ0v) is 23.9. The van der Waals surface area contributed by atoms with Crippen LogP contribution in [0.3, 0.4) is 0 Å². The topological polar surface area (TPSA) is 57.7 Å². The lowest BCUT2D eigenvalue weighted by Gasteiger charge is -2.34. The Morgan fingerprint density at radius 2 is 1.38 bits per heavy atom. The first-order valence-electron chi connectivity index (χ1n) is 13.2. The number of hydrogen-bond donors (Lipinski definition) is 0. The Kier molecular flexibility index (Phi) is 7.07. The summed E-state index contributed by atoms with van der Waals surface area (Å²) in [6.45, 7) is 0.517. The molecule has 0 aromatic heterocycles. The molecule has 200 valence electrons. The van der Waals surface area contributed by atoms with Gasteiger partial charge in [0.1, 0.15) is 0 Å². The molecule has 0 unspecified atom stereocenters. The number of hydrogen-bond acceptors (Lipinski definition) is 3. The summed E-state index contributed by atoms with van der Waals surface area (Å²) >= 11 is 10.1. The van der Waals surface area contributed by atoms with Gasteiger partial charge < -0.3 is 4.90 Å². The number of carbonyl (C=O) groups excluding carboxylic acids is 3. The van der Waals surface area contributed by atoms with Crippen LogP contribution in [-0.4, -0.2) is 22.6 Å². The molecule has 4 aromatic carbocycles. The number of imide groups is 1. The summed E-state index contributed by atoms with van der Waals surface area (Å²) in [6, 6.07) is 32.4. The first-order valence-corrected chi connectivity index (χ1v) is 14.3. The van der Waals surface area contributed by atoms with Crippen LogP contribution in [0.5, 0.6) is 0 Å². The fourth-order valence-corrected chi connectivity index (χ4v) is 6.71. The molecule has 0 N–H and O–H groups in total. The number of rotatable bonds is 7. The molecular formula is C33H26BrClN2O3. The average molecular weight is 614 g/mol. The van der Waals surface area contributed by atoms with Crippen molar-refractivity contribution in [3.8, 4) is 0 Å². The van der Waals surface area contributed by atoms with Gasteiger partial charge in [-0.2, -0.15) is 0 Å². The lowest BCUT2D eigenvalue weighted by molar-refractivity contribution is -0.142. The van der Waals surface area contributed by atoms with Gasteiger partial charge in [-0.05, 0) is 59.0 Å². The second kappa shape index (κ2) is 10.7. The van der Waals surface area contributed by atoms with Crippen molar-refractivity contribution in [1.82, 2.24) is 4.90 Å². The Bertz CT molecular complexity index is 1610. The van der Waals surface area contributed by atoms with Crippen molar-refractivity contribution < 1.29 is 14.4 Å². The molecule has 4 aromatic rings. The van der Waals surface area contributed by atoms with E-state index in [-0.39, 0.29) is 37.1 Å². The molecular weight excluding hydrogens is 588 g/mol. The third kappa shape index (κ3) is 4.65. The van der Waals surface area contributed by atoms with Gasteiger partial charge in [0.05, 0.1) is 24.4 Å². The molecule has 0 aliphatic carbocycles. The summed E-state index contributed by atoms with van der Waals surface area (Å²) in [4.78, 5) is 45.4. The van der Waals surface area contributed by atoms with Crippen molar-refractivity contribution >= 4 is 50.9 Å². The van der Waals surface area contributed by atoms with Gasteiger partial charge in [0.2, 0.25) is 17.7 Å². The van der Waals surface area contributed by atoms with Gasteiger partial charge in [-0.1, -0.05) is 100 Å². The zero-order valence-electron chi connectivity index (χ0n) is 21.6. The summed E-state index contributed by atoms with van der Waals surface area (Å²) in [5, 5.41) is 0.477. The maximum Gasteiger partial charge on any atom is 0.239 e. The number of carbonyl (C=O) groups is 3. The highest BCUT2D eigenvalue weighted by Gasteiger charge is 2.61. The Hall–Kier alpha value is -3.74. The second-order valence-corrected chi connectivity index (χ2v) is 11.7. The lowest BCUT2D eigenvalue weighted by Crippen LogP contribution is -2.49. The van der Waals surface area contributed by atoms with Gasteiger partial charge in [0, 0.05) is 21.6 Å². The van der Waals surface area contributed by atoms with E-state index in [0.717, 1.165) is 26.9 Å². The minimum absolute atomic E-state index is 0.0451. The van der Waals surface area contributed by atoms with Gasteiger partial charge in [-0.15, -0.1) is 0 Å². The molecule has 0 radical (unpaired) electrons. The number of fused-ring (bicyclic) bond motifs is 1. The molecule has 3 amide bonds. The molecule has 2 aliphatic rings. The minimum Gasteiger partial charge on any atom is -0.307 e. The van der Waals surface area contributed by atoms with Crippen LogP contribution in [0.4, 0.5) is 5.69 Å². The average Bonchev–Trinajstić information content (AvgIpc) is 3.35. The van der Waals surface area contributed by atoms with E-state index in [0.29, 0.717) is 17.1 Å². The number of likely N-dealkylation sites (tertiary alicyclic amines) is 1. The van der Waals surface area contributed by atoms with Gasteiger partial charge >= 0.3 is 0 Å². The highest BCUT2D eigenvalue weighted by Crippen LogP contribution is 2.52. The SMILES string of the molecule is O=C1C[C@H]([C@]2(Cc3cccc(Br)c3)C(=O)N(Cc3ccccc3)c3ccc(Cl)cc32)C(=O)N1Cc1ccccc1. The number of anilines is 1. The number of nitrogens with zero attached hydrogens (tertiary/aromatic N) is 2. The lowest BCUT2D eigenvalue weighted by atomic mass is 9.66. The van der Waals surface area contributed by atoms with E-state index in [4.69, 9.17) is 11.6 Å². The van der Waals surface area contributed by atoms with Crippen molar-refractivity contribution in [1.29, 1.82) is 0 Å². The number of benzene rings is 4. The van der Waals surface area contributed by atoms with Crippen molar-refractivity contribution in [3.05, 3.63) is 135 Å². The van der Waals surface area contributed by atoms with E-state index in [1.807, 2.05) is 91.0 Å². The molecule has 6 rings (SSSR count). The summed E-state index contributed by atoms with van der Waals surface area (Å²) in [7, 11) is 0. The van der Waals surface area contributed by atoms with Crippen LogP contribution >= 0.6 is 27.5 Å². The standard InChI is InChI=1S/C33H26BrClN2O3/c34-25-13-7-12-24(16-25)19-33(28-18-30(38)37(31(28)39)21-23-10-5-2-6-11-23)27-17-26(35)14-15-29(27)36(32(33)40)20-22-8-3-1-4-9-22/h1-17,28H,18-21H2/t28-,33+/m0/s1. The Balaban J connectivity index is 1.49. The zero-order chi connectivity index (χ0) is 27.9. The molecule has 2 atom stereocenters. The highest BCUT2D eigenvalue weighted by molar-refractivity contribution is 9.10. The minimum atomic E-state index is -1.30. The second-order valence-electron chi connectivity index (χ2n) is 10.4. The molecule has 2 heterocycles. The molecule has 1 fully saturated rings. The maximum atomic E-state index is 14.8. The van der Waals surface area contributed by atoms with Crippen molar-refractivity contribution in [2.24, 2.45) is 5.92 Å². The molecule has 5 nitrogen and oxygen atoms in total. The van der Waals surface area contributed by atoms with Crippen molar-refractivity contribution in [3.63, 3.8) is 0 Å². The maximum absolute atomic E-state index is 14.8. The summed E-state index contributed by atoms with van der Waals surface area (Å²) < 4.78 is 0.873. The van der Waals surface area contributed by atoms with E-state index < -0.39 is 11.3 Å². The molecule has 2 aliphatic heterocycles. The van der Waals surface area contributed by atoms with Gasteiger partial charge in [0.15, 0.2) is 0 Å². The Morgan fingerprint density at radius 3 is 2.02 bits per heavy atom. The van der Waals surface area contributed by atoms with Gasteiger partial charge in [-0.25, -0.2) is 0 Å². The van der Waals surface area contributed by atoms with Gasteiger partial charge in [0.25, 0.3) is 0 Å². The third-order valence-corrected chi connectivity index (χ3v) is 8.66. The van der Waals surface area contributed by atoms with E-state index in [1.54, 1.807) is 17.0 Å². The number of amides is 3. The molecule has 7 heteroatoms. The summed E-state index contributed by atoms with van der Waals surface area (Å²) in [6.07, 6.45) is 0.212. The van der Waals surface area contributed by atoms with E-state index in [2.05, 4.69) is 15.9 Å². The monoisotopic (exact) mass is 612 g/mol. The largest absolute Gasteiger partial charge is 0.307 e. The smallest absolute Gasteiger partial charge is 0.239 e. The molecule has 0 spiro atoms. The van der Waals surface area contributed by atoms with E-state index in [9.17, 15) is 14.4 Å². The van der Waals surface area contributed by atoms with E-state index >= 15 is 0 Å². The van der Waals surface area contributed by atoms with Crippen LogP contribution in [-0.2, 0) is 39.3 Å². The van der Waals surface area contributed by atoms with Crippen molar-refractivity contribution in [2.75, 3.05) is 4.90 Å². The van der Waals surface area contributed by atoms with Crippen LogP contribution in [0, 0.1) is 5.92 Å². The Labute approximate surface area is 246 Å². The predicted octanol–water partition coefficient (Wildman–Crippen LogP) is 6.71. The first kappa shape index (κ1) is 26.5. The van der Waals surface area contributed by atoms with Crippen LogP contribution < -0.4 is 4.90 Å². The van der Waals surface area contributed by atoms with Crippen LogP contribution in [0.25, 0.3) is 0 Å². The molecule has 40 heavy (non-hydrogen) atoms. The Morgan fingerprint density at radius 1 is 0.750 bits per heavy atom. The van der Waals surface area contributed by atoms with E-state index in [1.165, 1.54) is 4.90 Å². The highest BCUT2D eigenvalue weighted by atomic mass is 79.9. The predicted molar refractivity (Wildman–Crippen MR) is 159 cm³/mol. The molecule has 0 bridgehead atoms. The third-order valence-electron chi connectivity index (χ3n) is 7.93.